The standard InChI is InChI=1S/C8H7F11O3S.Na/c1-2-3(9)4(10,11)5(12,13)6(14,15)7(16,17)8(18,19)23(20,21)22;/h3H,2H2,1H3,(H,20,21,22);/q;+1/p-1. The Labute approximate surface area is 149 Å². The van der Waals surface area contributed by atoms with Crippen LogP contribution in [0.25, 0.3) is 0 Å². The van der Waals surface area contributed by atoms with Crippen molar-refractivity contribution >= 4 is 10.1 Å². The molecule has 0 saturated carbocycles. The molecule has 0 radical (unpaired) electrons. The number of hydrogen-bond acceptors (Lipinski definition) is 3. The van der Waals surface area contributed by atoms with Gasteiger partial charge in [0, 0.05) is 0 Å². The fourth-order valence-corrected chi connectivity index (χ4v) is 1.64. The largest absolute Gasteiger partial charge is 1.00 e. The van der Waals surface area contributed by atoms with Gasteiger partial charge in [-0.1, -0.05) is 6.92 Å². The molecule has 3 nitrogen and oxygen atoms in total. The van der Waals surface area contributed by atoms with Gasteiger partial charge in [-0.15, -0.1) is 0 Å². The molecular weight excluding hydrogens is 408 g/mol. The van der Waals surface area contributed by atoms with Gasteiger partial charge < -0.3 is 4.55 Å². The van der Waals surface area contributed by atoms with Crippen LogP contribution in [0.15, 0.2) is 0 Å². The minimum absolute atomic E-state index is 0. The first kappa shape index (κ1) is 26.4. The average Bonchev–Trinajstić information content (AvgIpc) is 2.35. The van der Waals surface area contributed by atoms with Crippen LogP contribution in [0.1, 0.15) is 13.3 Å². The van der Waals surface area contributed by atoms with Crippen molar-refractivity contribution in [3.63, 3.8) is 0 Å². The van der Waals surface area contributed by atoms with Gasteiger partial charge >= 0.3 is 58.5 Å². The van der Waals surface area contributed by atoms with E-state index < -0.39 is 51.7 Å². The zero-order valence-electron chi connectivity index (χ0n) is 11.6. The Morgan fingerprint density at radius 3 is 1.42 bits per heavy atom. The summed E-state index contributed by atoms with van der Waals surface area (Å²) < 4.78 is 171. The second-order valence-corrected chi connectivity index (χ2v) is 5.61. The third-order valence-electron chi connectivity index (χ3n) is 2.64. The number of hydrogen-bond donors (Lipinski definition) is 0. The molecule has 16 heteroatoms. The topological polar surface area (TPSA) is 57.2 Å². The van der Waals surface area contributed by atoms with Crippen molar-refractivity contribution in [2.75, 3.05) is 0 Å². The first-order chi connectivity index (χ1) is 9.73. The predicted molar refractivity (Wildman–Crippen MR) is 49.6 cm³/mol. The molecular formula is C8H6F11NaO3S. The molecule has 0 amide bonds. The summed E-state index contributed by atoms with van der Waals surface area (Å²) in [4.78, 5) is 0. The quantitative estimate of drug-likeness (QED) is 0.345. The van der Waals surface area contributed by atoms with Crippen LogP contribution >= 0.6 is 0 Å². The molecule has 0 aromatic carbocycles. The second-order valence-electron chi connectivity index (χ2n) is 4.19. The van der Waals surface area contributed by atoms with Crippen LogP contribution < -0.4 is 29.6 Å². The number of rotatable bonds is 7. The molecule has 140 valence electrons. The van der Waals surface area contributed by atoms with Crippen molar-refractivity contribution in [3.05, 3.63) is 0 Å². The van der Waals surface area contributed by atoms with E-state index in [0.29, 0.717) is 6.92 Å². The van der Waals surface area contributed by atoms with E-state index in [-0.39, 0.29) is 29.6 Å². The summed E-state index contributed by atoms with van der Waals surface area (Å²) in [7, 11) is -7.66. The minimum atomic E-state index is -7.79. The smallest absolute Gasteiger partial charge is 0.743 e. The normalized spacial score (nSPS) is 16.5. The van der Waals surface area contributed by atoms with Crippen LogP contribution in [0.4, 0.5) is 48.3 Å². The van der Waals surface area contributed by atoms with Gasteiger partial charge in [0.25, 0.3) is 0 Å². The van der Waals surface area contributed by atoms with E-state index in [0.717, 1.165) is 0 Å². The van der Waals surface area contributed by atoms with Crippen LogP contribution in [-0.4, -0.2) is 48.1 Å². The molecule has 0 spiro atoms. The molecule has 0 aromatic rings. The molecule has 0 aliphatic heterocycles. The van der Waals surface area contributed by atoms with Crippen LogP contribution in [0.3, 0.4) is 0 Å². The molecule has 0 fully saturated rings. The summed E-state index contributed by atoms with van der Waals surface area (Å²) >= 11 is 0. The van der Waals surface area contributed by atoms with Crippen molar-refractivity contribution in [1.82, 2.24) is 0 Å². The Balaban J connectivity index is 0. The SMILES string of the molecule is CCC(F)C(F)(F)C(F)(F)C(F)(F)C(F)(F)C(F)(F)S(=O)(=O)[O-].[Na+]. The van der Waals surface area contributed by atoms with Crippen molar-refractivity contribution in [2.45, 2.75) is 48.5 Å². The third-order valence-corrected chi connectivity index (χ3v) is 3.52. The summed E-state index contributed by atoms with van der Waals surface area (Å²) in [6.45, 7) is 0.418. The van der Waals surface area contributed by atoms with Gasteiger partial charge in [-0.2, -0.15) is 43.9 Å². The minimum Gasteiger partial charge on any atom is -0.743 e. The molecule has 0 N–H and O–H groups in total. The molecule has 0 heterocycles. The van der Waals surface area contributed by atoms with E-state index in [4.69, 9.17) is 0 Å². The summed E-state index contributed by atoms with van der Waals surface area (Å²) in [5, 5.41) is -7.37. The van der Waals surface area contributed by atoms with Gasteiger partial charge in [0.05, 0.1) is 0 Å². The van der Waals surface area contributed by atoms with Crippen molar-refractivity contribution < 1.29 is 90.8 Å². The van der Waals surface area contributed by atoms with Gasteiger partial charge in [0.15, 0.2) is 16.3 Å². The maximum atomic E-state index is 13.0. The Morgan fingerprint density at radius 2 is 1.17 bits per heavy atom. The number of halogens is 11. The van der Waals surface area contributed by atoms with E-state index in [9.17, 15) is 61.3 Å². The fraction of sp³-hybridized carbons (Fsp3) is 1.00. The molecule has 0 aliphatic carbocycles. The summed E-state index contributed by atoms with van der Waals surface area (Å²) in [5.74, 6) is -29.6. The number of alkyl halides is 11. The van der Waals surface area contributed by atoms with Gasteiger partial charge in [-0.3, -0.25) is 0 Å². The van der Waals surface area contributed by atoms with Crippen LogP contribution in [0.5, 0.6) is 0 Å². The van der Waals surface area contributed by atoms with Gasteiger partial charge in [-0.25, -0.2) is 12.8 Å². The van der Waals surface area contributed by atoms with E-state index in [1.54, 1.807) is 0 Å². The predicted octanol–water partition coefficient (Wildman–Crippen LogP) is 0.418. The first-order valence-corrected chi connectivity index (χ1v) is 6.62. The molecule has 0 aromatic heterocycles. The molecule has 0 aliphatic rings. The molecule has 0 rings (SSSR count). The van der Waals surface area contributed by atoms with Crippen molar-refractivity contribution in [2.24, 2.45) is 0 Å². The fourth-order valence-electron chi connectivity index (χ4n) is 1.20. The van der Waals surface area contributed by atoms with Crippen molar-refractivity contribution in [3.8, 4) is 0 Å². The van der Waals surface area contributed by atoms with E-state index in [2.05, 4.69) is 0 Å². The maximum absolute atomic E-state index is 13.0. The average molecular weight is 414 g/mol. The summed E-state index contributed by atoms with van der Waals surface area (Å²) in [6.07, 6.45) is -5.75. The monoisotopic (exact) mass is 414 g/mol. The van der Waals surface area contributed by atoms with E-state index in [1.807, 2.05) is 0 Å². The maximum Gasteiger partial charge on any atom is 1.00 e. The zero-order chi connectivity index (χ0) is 19.3. The Kier molecular flexibility index (Phi) is 7.74. The Bertz CT molecular complexity index is 547. The van der Waals surface area contributed by atoms with Gasteiger partial charge in [0.1, 0.15) is 0 Å². The van der Waals surface area contributed by atoms with Crippen LogP contribution in [0.2, 0.25) is 0 Å². The Morgan fingerprint density at radius 1 is 0.833 bits per heavy atom. The molecule has 1 atom stereocenters. The molecule has 0 saturated heterocycles. The van der Waals surface area contributed by atoms with Crippen LogP contribution in [0, 0.1) is 0 Å². The third kappa shape index (κ3) is 3.50. The molecule has 1 unspecified atom stereocenters. The van der Waals surface area contributed by atoms with E-state index in [1.165, 1.54) is 0 Å². The van der Waals surface area contributed by atoms with Gasteiger partial charge in [-0.05, 0) is 6.42 Å². The molecule has 24 heavy (non-hydrogen) atoms. The van der Waals surface area contributed by atoms with Crippen LogP contribution in [-0.2, 0) is 10.1 Å². The summed E-state index contributed by atoms with van der Waals surface area (Å²) in [5.41, 5.74) is 0. The zero-order valence-corrected chi connectivity index (χ0v) is 14.4. The second kappa shape index (κ2) is 7.04. The first-order valence-electron chi connectivity index (χ1n) is 5.22. The van der Waals surface area contributed by atoms with Crippen molar-refractivity contribution in [1.29, 1.82) is 0 Å². The molecule has 0 bridgehead atoms. The van der Waals surface area contributed by atoms with E-state index >= 15 is 0 Å². The summed E-state index contributed by atoms with van der Waals surface area (Å²) in [6, 6.07) is 0. The Hall–Kier alpha value is 0.140. The van der Waals surface area contributed by atoms with Gasteiger partial charge in [0.2, 0.25) is 0 Å².